The van der Waals surface area contributed by atoms with Crippen LogP contribution in [0, 0.1) is 5.92 Å². The third-order valence-electron chi connectivity index (χ3n) is 3.43. The Morgan fingerprint density at radius 3 is 2.65 bits per heavy atom. The van der Waals surface area contributed by atoms with E-state index in [2.05, 4.69) is 37.1 Å². The number of nitrogens with one attached hydrogen (secondary N) is 1. The van der Waals surface area contributed by atoms with E-state index in [0.29, 0.717) is 5.92 Å². The second-order valence-corrected chi connectivity index (χ2v) is 6.47. The van der Waals surface area contributed by atoms with Crippen LogP contribution in [0.4, 0.5) is 0 Å². The molecule has 4 nitrogen and oxygen atoms in total. The minimum Gasteiger partial charge on any atom is -0.477 e. The Hall–Kier alpha value is -1.13. The van der Waals surface area contributed by atoms with Crippen molar-refractivity contribution < 1.29 is 9.47 Å². The van der Waals surface area contributed by atoms with Gasteiger partial charge in [0.1, 0.15) is 0 Å². The maximum absolute atomic E-state index is 5.76. The number of ether oxygens (including phenoxy) is 2. The van der Waals surface area contributed by atoms with Gasteiger partial charge in [-0.3, -0.25) is 0 Å². The van der Waals surface area contributed by atoms with E-state index in [-0.39, 0.29) is 5.54 Å². The zero-order valence-electron chi connectivity index (χ0n) is 12.8. The summed E-state index contributed by atoms with van der Waals surface area (Å²) >= 11 is 0. The lowest BCUT2D eigenvalue weighted by atomic mass is 10.0. The average molecular weight is 278 g/mol. The minimum atomic E-state index is 0.123. The van der Waals surface area contributed by atoms with Gasteiger partial charge in [-0.05, 0) is 45.1 Å². The van der Waals surface area contributed by atoms with Crippen LogP contribution in [0.15, 0.2) is 18.3 Å². The van der Waals surface area contributed by atoms with Crippen molar-refractivity contribution in [2.24, 2.45) is 5.92 Å². The highest BCUT2D eigenvalue weighted by Gasteiger charge is 2.14. The summed E-state index contributed by atoms with van der Waals surface area (Å²) in [6, 6.07) is 4.03. The summed E-state index contributed by atoms with van der Waals surface area (Å²) in [5.41, 5.74) is 1.30. The van der Waals surface area contributed by atoms with Crippen LogP contribution in [0.2, 0.25) is 0 Å². The number of hydrogen-bond donors (Lipinski definition) is 1. The fourth-order valence-corrected chi connectivity index (χ4v) is 2.08. The Morgan fingerprint density at radius 2 is 2.05 bits per heavy atom. The molecule has 2 heterocycles. The highest BCUT2D eigenvalue weighted by molar-refractivity contribution is 5.17. The van der Waals surface area contributed by atoms with E-state index < -0.39 is 0 Å². The molecular formula is C16H26N2O2. The van der Waals surface area contributed by atoms with Crippen LogP contribution in [0.5, 0.6) is 5.88 Å². The van der Waals surface area contributed by atoms with Gasteiger partial charge in [0.15, 0.2) is 0 Å². The van der Waals surface area contributed by atoms with Crippen molar-refractivity contribution in [1.29, 1.82) is 0 Å². The van der Waals surface area contributed by atoms with Gasteiger partial charge in [0, 0.05) is 37.6 Å². The van der Waals surface area contributed by atoms with Crippen molar-refractivity contribution in [1.82, 2.24) is 10.3 Å². The molecule has 20 heavy (non-hydrogen) atoms. The predicted molar refractivity (Wildman–Crippen MR) is 79.9 cm³/mol. The van der Waals surface area contributed by atoms with Crippen molar-refractivity contribution in [2.45, 2.75) is 45.7 Å². The molecule has 0 saturated carbocycles. The first-order valence-electron chi connectivity index (χ1n) is 7.43. The molecule has 0 radical (unpaired) electrons. The normalized spacial score (nSPS) is 17.1. The molecule has 0 amide bonds. The van der Waals surface area contributed by atoms with E-state index in [4.69, 9.17) is 9.47 Å². The fraction of sp³-hybridized carbons (Fsp3) is 0.688. The molecule has 0 aromatic carbocycles. The molecule has 1 fully saturated rings. The van der Waals surface area contributed by atoms with E-state index >= 15 is 0 Å². The molecule has 112 valence electrons. The molecule has 4 heteroatoms. The molecule has 1 aromatic heterocycles. The Labute approximate surface area is 121 Å². The zero-order valence-corrected chi connectivity index (χ0v) is 12.8. The summed E-state index contributed by atoms with van der Waals surface area (Å²) in [4.78, 5) is 4.37. The Bertz CT molecular complexity index is 392. The van der Waals surface area contributed by atoms with Gasteiger partial charge in [-0.2, -0.15) is 0 Å². The summed E-state index contributed by atoms with van der Waals surface area (Å²) in [6.07, 6.45) is 4.07. The van der Waals surface area contributed by atoms with Gasteiger partial charge in [-0.15, -0.1) is 0 Å². The molecule has 0 unspecified atom stereocenters. The molecular weight excluding hydrogens is 252 g/mol. The van der Waals surface area contributed by atoms with Gasteiger partial charge in [0.2, 0.25) is 5.88 Å². The van der Waals surface area contributed by atoms with Crippen LogP contribution in [0.1, 0.15) is 39.2 Å². The molecule has 2 rings (SSSR count). The van der Waals surface area contributed by atoms with Crippen molar-refractivity contribution >= 4 is 0 Å². The molecule has 1 aromatic rings. The number of pyridine rings is 1. The smallest absolute Gasteiger partial charge is 0.213 e. The quantitative estimate of drug-likeness (QED) is 0.899. The van der Waals surface area contributed by atoms with Gasteiger partial charge in [0.05, 0.1) is 6.61 Å². The molecule has 1 saturated heterocycles. The minimum absolute atomic E-state index is 0.123. The fourth-order valence-electron chi connectivity index (χ4n) is 2.08. The lowest BCUT2D eigenvalue weighted by Gasteiger charge is -2.22. The Balaban J connectivity index is 1.76. The molecule has 1 aliphatic heterocycles. The molecule has 0 spiro atoms. The highest BCUT2D eigenvalue weighted by atomic mass is 16.5. The number of hydrogen-bond acceptors (Lipinski definition) is 4. The monoisotopic (exact) mass is 278 g/mol. The number of nitrogens with zero attached hydrogens (tertiary/aromatic N) is 1. The first-order chi connectivity index (χ1) is 9.53. The maximum Gasteiger partial charge on any atom is 0.213 e. The van der Waals surface area contributed by atoms with E-state index in [1.54, 1.807) is 0 Å². The van der Waals surface area contributed by atoms with E-state index in [1.807, 2.05) is 12.3 Å². The Kier molecular flexibility index (Phi) is 5.38. The topological polar surface area (TPSA) is 43.4 Å². The number of aromatic nitrogens is 1. The summed E-state index contributed by atoms with van der Waals surface area (Å²) < 4.78 is 11.1. The van der Waals surface area contributed by atoms with Gasteiger partial charge in [-0.25, -0.2) is 4.98 Å². The van der Waals surface area contributed by atoms with Crippen LogP contribution in [0.3, 0.4) is 0 Å². The van der Waals surface area contributed by atoms with Gasteiger partial charge in [0.25, 0.3) is 0 Å². The van der Waals surface area contributed by atoms with E-state index in [9.17, 15) is 0 Å². The third kappa shape index (κ3) is 5.47. The van der Waals surface area contributed by atoms with Gasteiger partial charge < -0.3 is 14.8 Å². The molecule has 0 aliphatic carbocycles. The predicted octanol–water partition coefficient (Wildman–Crippen LogP) is 2.78. The van der Waals surface area contributed by atoms with Crippen LogP contribution < -0.4 is 10.1 Å². The first-order valence-corrected chi connectivity index (χ1v) is 7.43. The molecule has 1 N–H and O–H groups in total. The first kappa shape index (κ1) is 15.3. The van der Waals surface area contributed by atoms with Crippen molar-refractivity contribution in [3.05, 3.63) is 23.9 Å². The summed E-state index contributed by atoms with van der Waals surface area (Å²) in [5, 5.41) is 3.45. The maximum atomic E-state index is 5.76. The van der Waals surface area contributed by atoms with Crippen LogP contribution in [-0.4, -0.2) is 30.3 Å². The summed E-state index contributed by atoms with van der Waals surface area (Å²) in [6.45, 7) is 9.77. The molecule has 1 aliphatic rings. The SMILES string of the molecule is CC(C)(C)NCc1ccc(OCC2CCOCC2)nc1. The lowest BCUT2D eigenvalue weighted by molar-refractivity contribution is 0.0490. The zero-order chi connectivity index (χ0) is 14.4. The summed E-state index contributed by atoms with van der Waals surface area (Å²) in [5.74, 6) is 1.32. The molecule has 0 bridgehead atoms. The number of rotatable bonds is 5. The van der Waals surface area contributed by atoms with Gasteiger partial charge in [-0.1, -0.05) is 6.07 Å². The second-order valence-electron chi connectivity index (χ2n) is 6.47. The van der Waals surface area contributed by atoms with Crippen molar-refractivity contribution in [2.75, 3.05) is 19.8 Å². The van der Waals surface area contributed by atoms with E-state index in [0.717, 1.165) is 45.1 Å². The average Bonchev–Trinajstić information content (AvgIpc) is 2.44. The second kappa shape index (κ2) is 7.04. The van der Waals surface area contributed by atoms with Crippen molar-refractivity contribution in [3.8, 4) is 5.88 Å². The van der Waals surface area contributed by atoms with Crippen LogP contribution >= 0.6 is 0 Å². The lowest BCUT2D eigenvalue weighted by Crippen LogP contribution is -2.35. The van der Waals surface area contributed by atoms with Gasteiger partial charge >= 0.3 is 0 Å². The standard InChI is InChI=1S/C16H26N2O2/c1-16(2,3)18-11-14-4-5-15(17-10-14)20-12-13-6-8-19-9-7-13/h4-5,10,13,18H,6-9,11-12H2,1-3H3. The van der Waals surface area contributed by atoms with Crippen molar-refractivity contribution in [3.63, 3.8) is 0 Å². The Morgan fingerprint density at radius 1 is 1.30 bits per heavy atom. The van der Waals surface area contributed by atoms with Crippen LogP contribution in [0.25, 0.3) is 0 Å². The summed E-state index contributed by atoms with van der Waals surface area (Å²) in [7, 11) is 0. The largest absolute Gasteiger partial charge is 0.477 e. The highest BCUT2D eigenvalue weighted by Crippen LogP contribution is 2.16. The third-order valence-corrected chi connectivity index (χ3v) is 3.43. The van der Waals surface area contributed by atoms with Crippen LogP contribution in [-0.2, 0) is 11.3 Å². The van der Waals surface area contributed by atoms with E-state index in [1.165, 1.54) is 5.56 Å². The molecule has 0 atom stereocenters.